The first-order valence-electron chi connectivity index (χ1n) is 5.02. The molecule has 5 heteroatoms. The molecule has 2 aromatic carbocycles. The molecule has 0 atom stereocenters. The molecule has 2 N–H and O–H groups in total. The van der Waals surface area contributed by atoms with Gasteiger partial charge in [0.1, 0.15) is 0 Å². The Morgan fingerprint density at radius 1 is 1.17 bits per heavy atom. The standard InChI is InChI=1S/C13H8BrFN2O/c14-9-2-4-12(10(15)6-9)18-13-3-1-8(7-16)5-11(13)17/h1-6H,17H2. The van der Waals surface area contributed by atoms with Crippen molar-refractivity contribution in [1.82, 2.24) is 0 Å². The average Bonchev–Trinajstić information content (AvgIpc) is 2.34. The molecule has 0 spiro atoms. The van der Waals surface area contributed by atoms with Gasteiger partial charge in [-0.25, -0.2) is 4.39 Å². The number of benzene rings is 2. The third-order valence-electron chi connectivity index (χ3n) is 2.25. The van der Waals surface area contributed by atoms with Crippen LogP contribution in [0.2, 0.25) is 0 Å². The molecule has 2 aromatic rings. The maximum atomic E-state index is 13.6. The van der Waals surface area contributed by atoms with Crippen LogP contribution in [0.3, 0.4) is 0 Å². The van der Waals surface area contributed by atoms with E-state index in [1.54, 1.807) is 12.1 Å². The summed E-state index contributed by atoms with van der Waals surface area (Å²) in [5.41, 5.74) is 6.43. The topological polar surface area (TPSA) is 59.0 Å². The maximum Gasteiger partial charge on any atom is 0.166 e. The number of anilines is 1. The smallest absolute Gasteiger partial charge is 0.166 e. The lowest BCUT2D eigenvalue weighted by molar-refractivity contribution is 0.444. The van der Waals surface area contributed by atoms with Crippen LogP contribution in [-0.2, 0) is 0 Å². The van der Waals surface area contributed by atoms with E-state index in [1.807, 2.05) is 6.07 Å². The highest BCUT2D eigenvalue weighted by molar-refractivity contribution is 9.10. The molecule has 0 saturated heterocycles. The lowest BCUT2D eigenvalue weighted by Gasteiger charge is -2.09. The van der Waals surface area contributed by atoms with E-state index in [2.05, 4.69) is 15.9 Å². The first kappa shape index (κ1) is 12.4. The molecular formula is C13H8BrFN2O. The van der Waals surface area contributed by atoms with Crippen molar-refractivity contribution in [2.75, 3.05) is 5.73 Å². The Labute approximate surface area is 112 Å². The molecule has 0 radical (unpaired) electrons. The van der Waals surface area contributed by atoms with E-state index in [1.165, 1.54) is 24.3 Å². The summed E-state index contributed by atoms with van der Waals surface area (Å²) in [5.74, 6) is -0.0991. The second-order valence-corrected chi connectivity index (χ2v) is 4.46. The molecule has 3 nitrogen and oxygen atoms in total. The number of rotatable bonds is 2. The van der Waals surface area contributed by atoms with Crippen molar-refractivity contribution in [1.29, 1.82) is 5.26 Å². The summed E-state index contributed by atoms with van der Waals surface area (Å²) in [6, 6.07) is 11.0. The fraction of sp³-hybridized carbons (Fsp3) is 0. The Balaban J connectivity index is 2.32. The molecule has 0 aliphatic heterocycles. The zero-order chi connectivity index (χ0) is 13.1. The van der Waals surface area contributed by atoms with Crippen LogP contribution in [0.4, 0.5) is 10.1 Å². The summed E-state index contributed by atoms with van der Waals surface area (Å²) in [7, 11) is 0. The maximum absolute atomic E-state index is 13.6. The summed E-state index contributed by atoms with van der Waals surface area (Å²) in [4.78, 5) is 0. The van der Waals surface area contributed by atoms with E-state index in [0.717, 1.165) is 0 Å². The van der Waals surface area contributed by atoms with Crippen molar-refractivity contribution >= 4 is 21.6 Å². The lowest BCUT2D eigenvalue weighted by atomic mass is 10.2. The van der Waals surface area contributed by atoms with Crippen molar-refractivity contribution in [3.63, 3.8) is 0 Å². The Morgan fingerprint density at radius 3 is 2.50 bits per heavy atom. The van der Waals surface area contributed by atoms with Gasteiger partial charge in [0.05, 0.1) is 17.3 Å². The summed E-state index contributed by atoms with van der Waals surface area (Å²) in [5, 5.41) is 8.71. The molecule has 0 bridgehead atoms. The molecule has 0 amide bonds. The first-order chi connectivity index (χ1) is 8.60. The monoisotopic (exact) mass is 306 g/mol. The highest BCUT2D eigenvalue weighted by Gasteiger charge is 2.08. The summed E-state index contributed by atoms with van der Waals surface area (Å²) >= 11 is 3.16. The van der Waals surface area contributed by atoms with Gasteiger partial charge in [0, 0.05) is 4.47 Å². The van der Waals surface area contributed by atoms with E-state index >= 15 is 0 Å². The van der Waals surface area contributed by atoms with Gasteiger partial charge in [0.2, 0.25) is 0 Å². The van der Waals surface area contributed by atoms with Gasteiger partial charge in [-0.15, -0.1) is 0 Å². The summed E-state index contributed by atoms with van der Waals surface area (Å²) in [6.07, 6.45) is 0. The van der Waals surface area contributed by atoms with Crippen LogP contribution in [0.25, 0.3) is 0 Å². The van der Waals surface area contributed by atoms with Gasteiger partial charge < -0.3 is 10.5 Å². The fourth-order valence-electron chi connectivity index (χ4n) is 1.39. The molecule has 0 aliphatic carbocycles. The lowest BCUT2D eigenvalue weighted by Crippen LogP contribution is -1.94. The van der Waals surface area contributed by atoms with Crippen LogP contribution >= 0.6 is 15.9 Å². The minimum absolute atomic E-state index is 0.0783. The number of nitrogens with zero attached hydrogens (tertiary/aromatic N) is 1. The predicted molar refractivity (Wildman–Crippen MR) is 69.7 cm³/mol. The molecular weight excluding hydrogens is 299 g/mol. The van der Waals surface area contributed by atoms with E-state index in [4.69, 9.17) is 15.7 Å². The highest BCUT2D eigenvalue weighted by atomic mass is 79.9. The fourth-order valence-corrected chi connectivity index (χ4v) is 1.72. The van der Waals surface area contributed by atoms with E-state index < -0.39 is 5.82 Å². The Hall–Kier alpha value is -2.06. The quantitative estimate of drug-likeness (QED) is 0.858. The van der Waals surface area contributed by atoms with Gasteiger partial charge in [-0.05, 0) is 36.4 Å². The van der Waals surface area contributed by atoms with Crippen LogP contribution < -0.4 is 10.5 Å². The number of hydrogen-bond donors (Lipinski definition) is 1. The van der Waals surface area contributed by atoms with Gasteiger partial charge in [0.15, 0.2) is 17.3 Å². The van der Waals surface area contributed by atoms with E-state index in [9.17, 15) is 4.39 Å². The van der Waals surface area contributed by atoms with E-state index in [-0.39, 0.29) is 11.4 Å². The largest absolute Gasteiger partial charge is 0.452 e. The summed E-state index contributed by atoms with van der Waals surface area (Å²) in [6.45, 7) is 0. The third kappa shape index (κ3) is 2.60. The normalized spacial score (nSPS) is 9.83. The van der Waals surface area contributed by atoms with Crippen LogP contribution in [0.1, 0.15) is 5.56 Å². The second kappa shape index (κ2) is 5.07. The van der Waals surface area contributed by atoms with Crippen molar-refractivity contribution in [2.24, 2.45) is 0 Å². The molecule has 0 unspecified atom stereocenters. The van der Waals surface area contributed by atoms with Crippen LogP contribution in [-0.4, -0.2) is 0 Å². The number of ether oxygens (including phenoxy) is 1. The molecule has 0 aromatic heterocycles. The van der Waals surface area contributed by atoms with Crippen molar-refractivity contribution < 1.29 is 9.13 Å². The Kier molecular flexibility index (Phi) is 3.49. The van der Waals surface area contributed by atoms with Crippen LogP contribution in [0.15, 0.2) is 40.9 Å². The molecule has 90 valence electrons. The first-order valence-corrected chi connectivity index (χ1v) is 5.82. The number of nitrogens with two attached hydrogens (primary N) is 1. The Morgan fingerprint density at radius 2 is 1.89 bits per heavy atom. The van der Waals surface area contributed by atoms with Crippen molar-refractivity contribution in [2.45, 2.75) is 0 Å². The minimum atomic E-state index is -0.492. The molecule has 0 heterocycles. The number of nitrogen functional groups attached to an aromatic ring is 1. The summed E-state index contributed by atoms with van der Waals surface area (Å²) < 4.78 is 19.6. The van der Waals surface area contributed by atoms with Gasteiger partial charge in [-0.2, -0.15) is 5.26 Å². The van der Waals surface area contributed by atoms with Crippen molar-refractivity contribution in [3.8, 4) is 17.6 Å². The van der Waals surface area contributed by atoms with Gasteiger partial charge in [0.25, 0.3) is 0 Å². The SMILES string of the molecule is N#Cc1ccc(Oc2ccc(Br)cc2F)c(N)c1. The molecule has 18 heavy (non-hydrogen) atoms. The highest BCUT2D eigenvalue weighted by Crippen LogP contribution is 2.30. The van der Waals surface area contributed by atoms with E-state index in [0.29, 0.717) is 15.8 Å². The zero-order valence-corrected chi connectivity index (χ0v) is 10.7. The molecule has 0 aliphatic rings. The Bertz CT molecular complexity index is 637. The zero-order valence-electron chi connectivity index (χ0n) is 9.15. The molecule has 0 fully saturated rings. The molecule has 2 rings (SSSR count). The number of nitriles is 1. The number of hydrogen-bond acceptors (Lipinski definition) is 3. The van der Waals surface area contributed by atoms with Crippen LogP contribution in [0, 0.1) is 17.1 Å². The number of halogens is 2. The van der Waals surface area contributed by atoms with Gasteiger partial charge in [-0.3, -0.25) is 0 Å². The molecule has 0 saturated carbocycles. The average molecular weight is 307 g/mol. The van der Waals surface area contributed by atoms with Gasteiger partial charge in [-0.1, -0.05) is 15.9 Å². The van der Waals surface area contributed by atoms with Crippen molar-refractivity contribution in [3.05, 3.63) is 52.3 Å². The second-order valence-electron chi connectivity index (χ2n) is 3.54. The minimum Gasteiger partial charge on any atom is -0.452 e. The van der Waals surface area contributed by atoms with Gasteiger partial charge >= 0.3 is 0 Å². The van der Waals surface area contributed by atoms with Crippen LogP contribution in [0.5, 0.6) is 11.5 Å². The third-order valence-corrected chi connectivity index (χ3v) is 2.75. The predicted octanol–water partition coefficient (Wildman–Crippen LogP) is 3.83.